The van der Waals surface area contributed by atoms with Crippen molar-refractivity contribution in [3.8, 4) is 16.9 Å². The molecule has 1 saturated heterocycles. The largest absolute Gasteiger partial charge is 0.412 e. The van der Waals surface area contributed by atoms with Crippen molar-refractivity contribution in [2.24, 2.45) is 0 Å². The Labute approximate surface area is 237 Å². The molecule has 1 aliphatic carbocycles. The molecule has 0 saturated carbocycles. The van der Waals surface area contributed by atoms with Crippen LogP contribution in [0.4, 0.5) is 18.0 Å². The van der Waals surface area contributed by atoms with E-state index in [0.29, 0.717) is 25.1 Å². The lowest BCUT2D eigenvalue weighted by Gasteiger charge is -2.36. The van der Waals surface area contributed by atoms with Crippen LogP contribution in [0.15, 0.2) is 72.8 Å². The summed E-state index contributed by atoms with van der Waals surface area (Å²) < 4.78 is 44.4. The zero-order valence-electron chi connectivity index (χ0n) is 22.8. The Kier molecular flexibility index (Phi) is 8.93. The molecule has 5 rings (SSSR count). The van der Waals surface area contributed by atoms with Crippen LogP contribution in [0.5, 0.6) is 5.75 Å². The van der Waals surface area contributed by atoms with Crippen LogP contribution in [-0.2, 0) is 4.79 Å². The maximum atomic E-state index is 13.4. The number of likely N-dealkylation sites (tertiary alicyclic amines) is 1. The quantitative estimate of drug-likeness (QED) is 0.288. The molecular weight excluding hydrogens is 531 g/mol. The molecule has 0 spiro atoms. The van der Waals surface area contributed by atoms with Gasteiger partial charge in [0.2, 0.25) is 5.91 Å². The first-order chi connectivity index (χ1) is 19.8. The third kappa shape index (κ3) is 6.90. The van der Waals surface area contributed by atoms with Crippen LogP contribution in [0.3, 0.4) is 0 Å². The minimum Gasteiger partial charge on any atom is -0.410 e. The van der Waals surface area contributed by atoms with Gasteiger partial charge in [0.1, 0.15) is 12.3 Å². The average molecular weight is 566 g/mol. The second-order valence-electron chi connectivity index (χ2n) is 10.5. The van der Waals surface area contributed by atoms with Gasteiger partial charge in [-0.1, -0.05) is 67.1 Å². The lowest BCUT2D eigenvalue weighted by atomic mass is 9.86. The molecule has 2 atom stereocenters. The summed E-state index contributed by atoms with van der Waals surface area (Å²) in [5.74, 6) is -1.01. The van der Waals surface area contributed by atoms with Crippen molar-refractivity contribution in [1.82, 2.24) is 15.5 Å². The van der Waals surface area contributed by atoms with Crippen molar-refractivity contribution in [3.63, 3.8) is 0 Å². The standard InChI is InChI=1S/C32H34F3N3O3/c33-32(34,35)21-37-30(39)29-25-14-6-5-13-23(25)24-15-9-16-26(28(24)29)27(38-19-7-2-8-20-38)17-10-18-36-31(40)41-22-11-3-1-4-12-22/h1,3-6,9,11-16,27,29H,2,7-8,10,17-21H2,(H,36,40)(H,37,39). The van der Waals surface area contributed by atoms with E-state index in [1.54, 1.807) is 24.3 Å². The second-order valence-corrected chi connectivity index (χ2v) is 10.5. The third-order valence-corrected chi connectivity index (χ3v) is 7.78. The van der Waals surface area contributed by atoms with E-state index in [1.165, 1.54) is 0 Å². The summed E-state index contributed by atoms with van der Waals surface area (Å²) in [5, 5.41) is 4.95. The maximum absolute atomic E-state index is 13.4. The lowest BCUT2D eigenvalue weighted by molar-refractivity contribution is -0.138. The van der Waals surface area contributed by atoms with Crippen LogP contribution < -0.4 is 15.4 Å². The monoisotopic (exact) mass is 565 g/mol. The van der Waals surface area contributed by atoms with E-state index in [0.717, 1.165) is 60.2 Å². The molecule has 0 bridgehead atoms. The number of hydrogen-bond acceptors (Lipinski definition) is 4. The third-order valence-electron chi connectivity index (χ3n) is 7.78. The van der Waals surface area contributed by atoms with Crippen molar-refractivity contribution in [1.29, 1.82) is 0 Å². The van der Waals surface area contributed by atoms with Crippen LogP contribution >= 0.6 is 0 Å². The van der Waals surface area contributed by atoms with Gasteiger partial charge >= 0.3 is 12.3 Å². The first-order valence-corrected chi connectivity index (χ1v) is 14.1. The fourth-order valence-corrected chi connectivity index (χ4v) is 6.02. The molecule has 216 valence electrons. The molecule has 1 aliphatic heterocycles. The predicted molar refractivity (Wildman–Crippen MR) is 151 cm³/mol. The van der Waals surface area contributed by atoms with E-state index in [1.807, 2.05) is 48.5 Å². The summed E-state index contributed by atoms with van der Waals surface area (Å²) in [6.45, 7) is 0.828. The summed E-state index contributed by atoms with van der Waals surface area (Å²) in [7, 11) is 0. The lowest BCUT2D eigenvalue weighted by Crippen LogP contribution is -2.38. The number of para-hydroxylation sites is 1. The van der Waals surface area contributed by atoms with Gasteiger partial charge in [0.25, 0.3) is 0 Å². The van der Waals surface area contributed by atoms with Gasteiger partial charge in [-0.25, -0.2) is 4.79 Å². The second kappa shape index (κ2) is 12.8. The summed E-state index contributed by atoms with van der Waals surface area (Å²) in [6.07, 6.45) is -0.394. The number of carbonyl (C=O) groups is 2. The molecule has 2 amide bonds. The Balaban J connectivity index is 1.39. The number of nitrogens with zero attached hydrogens (tertiary/aromatic N) is 1. The number of hydrogen-bond donors (Lipinski definition) is 2. The maximum Gasteiger partial charge on any atom is 0.412 e. The molecule has 6 nitrogen and oxygen atoms in total. The van der Waals surface area contributed by atoms with Gasteiger partial charge in [-0.15, -0.1) is 0 Å². The van der Waals surface area contributed by atoms with E-state index in [4.69, 9.17) is 4.74 Å². The van der Waals surface area contributed by atoms with Crippen LogP contribution in [-0.4, -0.2) is 49.3 Å². The fraction of sp³-hybridized carbons (Fsp3) is 0.375. The van der Waals surface area contributed by atoms with Crippen LogP contribution in [0.1, 0.15) is 60.8 Å². The zero-order chi connectivity index (χ0) is 28.8. The van der Waals surface area contributed by atoms with Crippen LogP contribution in [0, 0.1) is 0 Å². The highest BCUT2D eigenvalue weighted by atomic mass is 19.4. The SMILES string of the molecule is O=C(NCCCC(c1cccc2c1C(C(=O)NCC(F)(F)F)c1ccccc1-2)N1CCCCC1)Oc1ccccc1. The molecule has 2 aliphatic rings. The number of piperidine rings is 1. The molecular formula is C32H34F3N3O3. The number of rotatable bonds is 9. The number of ether oxygens (including phenoxy) is 1. The van der Waals surface area contributed by atoms with Gasteiger partial charge in [0.15, 0.2) is 0 Å². The Bertz CT molecular complexity index is 1360. The van der Waals surface area contributed by atoms with Crippen molar-refractivity contribution in [2.75, 3.05) is 26.2 Å². The highest BCUT2D eigenvalue weighted by molar-refractivity contribution is 5.97. The van der Waals surface area contributed by atoms with E-state index in [9.17, 15) is 22.8 Å². The molecule has 0 aromatic heterocycles. The Morgan fingerprint density at radius 2 is 1.59 bits per heavy atom. The van der Waals surface area contributed by atoms with Crippen LogP contribution in [0.2, 0.25) is 0 Å². The van der Waals surface area contributed by atoms with Crippen molar-refractivity contribution < 1.29 is 27.5 Å². The first-order valence-electron chi connectivity index (χ1n) is 14.1. The minimum absolute atomic E-state index is 0.0515. The summed E-state index contributed by atoms with van der Waals surface area (Å²) in [5.41, 5.74) is 4.22. The van der Waals surface area contributed by atoms with Crippen LogP contribution in [0.25, 0.3) is 11.1 Å². The van der Waals surface area contributed by atoms with Gasteiger partial charge in [0, 0.05) is 12.6 Å². The van der Waals surface area contributed by atoms with E-state index in [-0.39, 0.29) is 6.04 Å². The highest BCUT2D eigenvalue weighted by Crippen LogP contribution is 2.49. The summed E-state index contributed by atoms with van der Waals surface area (Å²) >= 11 is 0. The predicted octanol–water partition coefficient (Wildman–Crippen LogP) is 6.57. The zero-order valence-corrected chi connectivity index (χ0v) is 22.8. The number of benzene rings is 3. The van der Waals surface area contributed by atoms with Crippen molar-refractivity contribution >= 4 is 12.0 Å². The average Bonchev–Trinajstić information content (AvgIpc) is 3.31. The van der Waals surface area contributed by atoms with E-state index < -0.39 is 30.6 Å². The molecule has 9 heteroatoms. The molecule has 3 aromatic carbocycles. The molecule has 0 radical (unpaired) electrons. The van der Waals surface area contributed by atoms with Gasteiger partial charge in [0.05, 0.1) is 5.92 Å². The smallest absolute Gasteiger partial charge is 0.410 e. The molecule has 41 heavy (non-hydrogen) atoms. The molecule has 2 N–H and O–H groups in total. The van der Waals surface area contributed by atoms with E-state index in [2.05, 4.69) is 15.5 Å². The highest BCUT2D eigenvalue weighted by Gasteiger charge is 2.39. The number of fused-ring (bicyclic) bond motifs is 3. The molecule has 3 aromatic rings. The number of halogens is 3. The minimum atomic E-state index is -4.50. The number of nitrogens with one attached hydrogen (secondary N) is 2. The molecule has 2 unspecified atom stereocenters. The fourth-order valence-electron chi connectivity index (χ4n) is 6.02. The normalized spacial score (nSPS) is 17.3. The number of carbonyl (C=O) groups excluding carboxylic acids is 2. The molecule has 1 heterocycles. The van der Waals surface area contributed by atoms with Gasteiger partial charge in [-0.05, 0) is 78.7 Å². The van der Waals surface area contributed by atoms with Crippen molar-refractivity contribution in [2.45, 2.75) is 50.2 Å². The first kappa shape index (κ1) is 28.7. The molecule has 1 fully saturated rings. The van der Waals surface area contributed by atoms with Gasteiger partial charge in [-0.3, -0.25) is 9.69 Å². The van der Waals surface area contributed by atoms with Crippen molar-refractivity contribution in [3.05, 3.63) is 89.5 Å². The summed E-state index contributed by atoms with van der Waals surface area (Å²) in [6, 6.07) is 22.2. The Morgan fingerprint density at radius 3 is 2.34 bits per heavy atom. The number of amides is 2. The Hall–Kier alpha value is -3.85. The Morgan fingerprint density at radius 1 is 0.878 bits per heavy atom. The van der Waals surface area contributed by atoms with Gasteiger partial charge < -0.3 is 15.4 Å². The van der Waals surface area contributed by atoms with E-state index >= 15 is 0 Å². The number of alkyl halides is 3. The summed E-state index contributed by atoms with van der Waals surface area (Å²) in [4.78, 5) is 28.1. The van der Waals surface area contributed by atoms with Gasteiger partial charge in [-0.2, -0.15) is 13.2 Å². The topological polar surface area (TPSA) is 70.7 Å².